The zero-order valence-electron chi connectivity index (χ0n) is 10.0. The van der Waals surface area contributed by atoms with Crippen LogP contribution < -0.4 is 0 Å². The number of carboxylic acid groups (broad SMARTS) is 1. The molecule has 0 saturated carbocycles. The topological polar surface area (TPSA) is 104 Å². The fourth-order valence-electron chi connectivity index (χ4n) is 1.43. The molecule has 2 unspecified atom stereocenters. The predicted molar refractivity (Wildman–Crippen MR) is 61.0 cm³/mol. The highest BCUT2D eigenvalue weighted by Crippen LogP contribution is 2.21. The van der Waals surface area contributed by atoms with Gasteiger partial charge < -0.3 is 20.1 Å². The Kier molecular flexibility index (Phi) is 4.96. The second kappa shape index (κ2) is 6.26. The summed E-state index contributed by atoms with van der Waals surface area (Å²) in [5.41, 5.74) is -0.757. The molecule has 0 saturated heterocycles. The largest absolute Gasteiger partial charge is 0.478 e. The Bertz CT molecular complexity index is 487. The number of halogens is 1. The third-order valence-electron chi connectivity index (χ3n) is 2.39. The minimum Gasteiger partial charge on any atom is -0.478 e. The van der Waals surface area contributed by atoms with E-state index in [2.05, 4.69) is 4.74 Å². The maximum Gasteiger partial charge on any atom is 0.338 e. The molecule has 104 valence electrons. The molecule has 0 aromatic heterocycles. The van der Waals surface area contributed by atoms with Crippen molar-refractivity contribution in [1.29, 1.82) is 0 Å². The summed E-state index contributed by atoms with van der Waals surface area (Å²) in [7, 11) is 0. The second-order valence-corrected chi connectivity index (χ2v) is 3.69. The van der Waals surface area contributed by atoms with Crippen molar-refractivity contribution in [1.82, 2.24) is 0 Å². The minimum atomic E-state index is -1.87. The second-order valence-electron chi connectivity index (χ2n) is 3.69. The molecule has 6 nitrogen and oxygen atoms in total. The Labute approximate surface area is 108 Å². The fourth-order valence-corrected chi connectivity index (χ4v) is 1.43. The van der Waals surface area contributed by atoms with E-state index < -0.39 is 35.5 Å². The Morgan fingerprint density at radius 1 is 1.37 bits per heavy atom. The van der Waals surface area contributed by atoms with Crippen LogP contribution in [0.4, 0.5) is 4.39 Å². The molecule has 0 radical (unpaired) electrons. The van der Waals surface area contributed by atoms with Gasteiger partial charge >= 0.3 is 11.9 Å². The van der Waals surface area contributed by atoms with Crippen molar-refractivity contribution in [3.8, 4) is 0 Å². The van der Waals surface area contributed by atoms with E-state index in [1.165, 1.54) is 6.92 Å². The number of carboxylic acids is 1. The van der Waals surface area contributed by atoms with Crippen molar-refractivity contribution in [2.45, 2.75) is 19.1 Å². The molecule has 1 aromatic rings. The van der Waals surface area contributed by atoms with Gasteiger partial charge in [-0.25, -0.2) is 14.0 Å². The molecule has 3 N–H and O–H groups in total. The van der Waals surface area contributed by atoms with E-state index in [9.17, 15) is 24.2 Å². The van der Waals surface area contributed by atoms with Gasteiger partial charge in [0.2, 0.25) is 0 Å². The van der Waals surface area contributed by atoms with Crippen molar-refractivity contribution in [3.05, 3.63) is 35.1 Å². The lowest BCUT2D eigenvalue weighted by Gasteiger charge is -2.17. The van der Waals surface area contributed by atoms with E-state index in [0.29, 0.717) is 0 Å². The van der Waals surface area contributed by atoms with Gasteiger partial charge in [0, 0.05) is 0 Å². The summed E-state index contributed by atoms with van der Waals surface area (Å²) >= 11 is 0. The summed E-state index contributed by atoms with van der Waals surface area (Å²) in [5.74, 6) is -3.54. The molecule has 0 spiro atoms. The van der Waals surface area contributed by atoms with Crippen molar-refractivity contribution < 1.29 is 34.0 Å². The first-order valence-corrected chi connectivity index (χ1v) is 5.44. The summed E-state index contributed by atoms with van der Waals surface area (Å²) in [6.07, 6.45) is -3.56. The molecule has 7 heteroatoms. The van der Waals surface area contributed by atoms with Gasteiger partial charge in [-0.05, 0) is 24.6 Å². The summed E-state index contributed by atoms with van der Waals surface area (Å²) in [4.78, 5) is 21.9. The Balaban J connectivity index is 3.00. The molecule has 0 aliphatic carbocycles. The zero-order chi connectivity index (χ0) is 14.6. The lowest BCUT2D eigenvalue weighted by molar-refractivity contribution is -0.159. The summed E-state index contributed by atoms with van der Waals surface area (Å²) in [6.45, 7) is 1.55. The summed E-state index contributed by atoms with van der Waals surface area (Å²) in [5, 5.41) is 27.9. The van der Waals surface area contributed by atoms with Crippen molar-refractivity contribution in [2.24, 2.45) is 0 Å². The van der Waals surface area contributed by atoms with Gasteiger partial charge in [-0.2, -0.15) is 0 Å². The number of benzene rings is 1. The van der Waals surface area contributed by atoms with E-state index in [4.69, 9.17) is 5.11 Å². The number of aromatic carboxylic acids is 1. The SMILES string of the molecule is CCOC(=O)C(O)C(O)c1ccc(F)c(C(=O)O)c1. The molecular weight excluding hydrogens is 259 g/mol. The molecule has 1 aromatic carbocycles. The van der Waals surface area contributed by atoms with E-state index in [1.807, 2.05) is 0 Å². The molecule has 0 heterocycles. The first-order valence-electron chi connectivity index (χ1n) is 5.44. The van der Waals surface area contributed by atoms with Gasteiger partial charge in [0.25, 0.3) is 0 Å². The highest BCUT2D eigenvalue weighted by Gasteiger charge is 2.28. The first-order chi connectivity index (χ1) is 8.88. The van der Waals surface area contributed by atoms with Crippen molar-refractivity contribution in [3.63, 3.8) is 0 Å². The normalized spacial score (nSPS) is 13.7. The van der Waals surface area contributed by atoms with Gasteiger partial charge in [0.15, 0.2) is 6.10 Å². The quantitative estimate of drug-likeness (QED) is 0.673. The maximum atomic E-state index is 13.1. The van der Waals surface area contributed by atoms with Crippen LogP contribution in [0, 0.1) is 5.82 Å². The van der Waals surface area contributed by atoms with Crippen LogP contribution in [0.5, 0.6) is 0 Å². The Morgan fingerprint density at radius 2 is 2.00 bits per heavy atom. The van der Waals surface area contributed by atoms with E-state index in [-0.39, 0.29) is 12.2 Å². The molecule has 0 aliphatic rings. The average molecular weight is 272 g/mol. The van der Waals surface area contributed by atoms with Gasteiger partial charge in [-0.3, -0.25) is 0 Å². The maximum absolute atomic E-state index is 13.1. The van der Waals surface area contributed by atoms with E-state index >= 15 is 0 Å². The molecule has 2 atom stereocenters. The summed E-state index contributed by atoms with van der Waals surface area (Å²) in [6, 6.07) is 2.76. The number of carbonyl (C=O) groups is 2. The highest BCUT2D eigenvalue weighted by molar-refractivity contribution is 5.88. The van der Waals surface area contributed by atoms with Crippen LogP contribution in [0.25, 0.3) is 0 Å². The monoisotopic (exact) mass is 272 g/mol. The van der Waals surface area contributed by atoms with E-state index in [0.717, 1.165) is 18.2 Å². The molecule has 0 aliphatic heterocycles. The van der Waals surface area contributed by atoms with Gasteiger partial charge in [0.1, 0.15) is 11.9 Å². The third kappa shape index (κ3) is 3.49. The number of hydrogen-bond donors (Lipinski definition) is 3. The van der Waals surface area contributed by atoms with Crippen LogP contribution in [-0.2, 0) is 9.53 Å². The number of aliphatic hydroxyl groups is 2. The number of esters is 1. The van der Waals surface area contributed by atoms with E-state index in [1.54, 1.807) is 0 Å². The summed E-state index contributed by atoms with van der Waals surface area (Å²) < 4.78 is 17.7. The lowest BCUT2D eigenvalue weighted by atomic mass is 10.0. The standard InChI is InChI=1S/C12H13FO6/c1-2-19-12(18)10(15)9(14)6-3-4-8(13)7(5-6)11(16)17/h3-5,9-10,14-15H,2H2,1H3,(H,16,17). The van der Waals surface area contributed by atoms with Crippen LogP contribution in [0.2, 0.25) is 0 Å². The molecular formula is C12H13FO6. The number of aliphatic hydroxyl groups excluding tert-OH is 2. The van der Waals surface area contributed by atoms with Gasteiger partial charge in [-0.1, -0.05) is 6.07 Å². The molecule has 0 fully saturated rings. The number of carbonyl (C=O) groups excluding carboxylic acids is 1. The van der Waals surface area contributed by atoms with Crippen LogP contribution in [0.3, 0.4) is 0 Å². The third-order valence-corrected chi connectivity index (χ3v) is 2.39. The molecule has 0 amide bonds. The van der Waals surface area contributed by atoms with Crippen molar-refractivity contribution >= 4 is 11.9 Å². The minimum absolute atomic E-state index is 0.0202. The molecule has 19 heavy (non-hydrogen) atoms. The van der Waals surface area contributed by atoms with Crippen LogP contribution in [0.15, 0.2) is 18.2 Å². The first kappa shape index (κ1) is 15.1. The van der Waals surface area contributed by atoms with Crippen LogP contribution in [0.1, 0.15) is 28.9 Å². The average Bonchev–Trinajstić information content (AvgIpc) is 2.37. The van der Waals surface area contributed by atoms with Gasteiger partial charge in [0.05, 0.1) is 12.2 Å². The lowest BCUT2D eigenvalue weighted by Crippen LogP contribution is -2.30. The number of rotatable bonds is 5. The van der Waals surface area contributed by atoms with Crippen LogP contribution >= 0.6 is 0 Å². The Morgan fingerprint density at radius 3 is 2.53 bits per heavy atom. The van der Waals surface area contributed by atoms with Crippen LogP contribution in [-0.4, -0.2) is 40.0 Å². The predicted octanol–water partition coefficient (Wildman–Crippen LogP) is 0.481. The van der Waals surface area contributed by atoms with Crippen molar-refractivity contribution in [2.75, 3.05) is 6.61 Å². The highest BCUT2D eigenvalue weighted by atomic mass is 19.1. The fraction of sp³-hybridized carbons (Fsp3) is 0.333. The number of ether oxygens (including phenoxy) is 1. The smallest absolute Gasteiger partial charge is 0.338 e. The number of hydrogen-bond acceptors (Lipinski definition) is 5. The Hall–Kier alpha value is -1.99. The zero-order valence-corrected chi connectivity index (χ0v) is 10.0. The molecule has 1 rings (SSSR count). The molecule has 0 bridgehead atoms. The van der Waals surface area contributed by atoms with Gasteiger partial charge in [-0.15, -0.1) is 0 Å².